The molecule has 0 radical (unpaired) electrons. The quantitative estimate of drug-likeness (QED) is 0.774. The summed E-state index contributed by atoms with van der Waals surface area (Å²) in [6, 6.07) is 0.401. The minimum Gasteiger partial charge on any atom is -0.312 e. The zero-order valence-electron chi connectivity index (χ0n) is 14.6. The van der Waals surface area contributed by atoms with Crippen LogP contribution in [-0.4, -0.2) is 46.9 Å². The van der Waals surface area contributed by atoms with Crippen molar-refractivity contribution < 1.29 is 0 Å². The molecule has 0 bridgehead atoms. The van der Waals surface area contributed by atoms with E-state index in [0.29, 0.717) is 6.04 Å². The summed E-state index contributed by atoms with van der Waals surface area (Å²) in [4.78, 5) is 2.39. The number of nitrogens with zero attached hydrogens (tertiary/aromatic N) is 3. The van der Waals surface area contributed by atoms with Crippen LogP contribution in [0.4, 0.5) is 0 Å². The van der Waals surface area contributed by atoms with Gasteiger partial charge >= 0.3 is 0 Å². The number of hydrogen-bond acceptors (Lipinski definition) is 3. The van der Waals surface area contributed by atoms with E-state index in [-0.39, 0.29) is 5.54 Å². The van der Waals surface area contributed by atoms with Gasteiger partial charge in [-0.05, 0) is 56.3 Å². The molecule has 4 nitrogen and oxygen atoms in total. The Hall–Kier alpha value is -0.390. The molecule has 0 amide bonds. The third-order valence-corrected chi connectivity index (χ3v) is 5.90. The monoisotopic (exact) mass is 358 g/mol. The van der Waals surface area contributed by atoms with Crippen molar-refractivity contribution in [1.29, 1.82) is 0 Å². The molecule has 1 aromatic rings. The summed E-state index contributed by atoms with van der Waals surface area (Å²) >= 11 is 3.70. The van der Waals surface area contributed by atoms with Crippen molar-refractivity contribution in [2.75, 3.05) is 20.6 Å². The normalized spacial score (nSPS) is 14.0. The summed E-state index contributed by atoms with van der Waals surface area (Å²) in [5.41, 5.74) is 2.49. The fraction of sp³-hybridized carbons (Fsp3) is 0.812. The van der Waals surface area contributed by atoms with Gasteiger partial charge in [-0.1, -0.05) is 20.8 Å². The van der Waals surface area contributed by atoms with Crippen LogP contribution in [0, 0.1) is 6.92 Å². The van der Waals surface area contributed by atoms with Crippen LogP contribution >= 0.6 is 15.9 Å². The van der Waals surface area contributed by atoms with Crippen molar-refractivity contribution in [2.24, 2.45) is 7.05 Å². The van der Waals surface area contributed by atoms with Gasteiger partial charge in [-0.3, -0.25) is 4.68 Å². The first kappa shape index (κ1) is 18.7. The van der Waals surface area contributed by atoms with Crippen LogP contribution in [0.5, 0.6) is 0 Å². The predicted molar refractivity (Wildman–Crippen MR) is 93.8 cm³/mol. The first-order valence-corrected chi connectivity index (χ1v) is 8.72. The van der Waals surface area contributed by atoms with E-state index in [0.717, 1.165) is 36.0 Å². The topological polar surface area (TPSA) is 33.1 Å². The van der Waals surface area contributed by atoms with E-state index in [1.54, 1.807) is 0 Å². The molecule has 0 aliphatic heterocycles. The van der Waals surface area contributed by atoms with Gasteiger partial charge in [0.15, 0.2) is 0 Å². The van der Waals surface area contributed by atoms with E-state index in [1.165, 1.54) is 5.69 Å². The van der Waals surface area contributed by atoms with Gasteiger partial charge in [0.05, 0.1) is 15.9 Å². The Labute approximate surface area is 138 Å². The minimum absolute atomic E-state index is 0.160. The van der Waals surface area contributed by atoms with Crippen molar-refractivity contribution in [3.8, 4) is 0 Å². The van der Waals surface area contributed by atoms with Crippen molar-refractivity contribution in [3.63, 3.8) is 0 Å². The van der Waals surface area contributed by atoms with Crippen molar-refractivity contribution in [1.82, 2.24) is 20.0 Å². The van der Waals surface area contributed by atoms with Crippen LogP contribution in [0.1, 0.15) is 45.0 Å². The Balaban J connectivity index is 3.17. The lowest BCUT2D eigenvalue weighted by Gasteiger charge is -2.45. The lowest BCUT2D eigenvalue weighted by atomic mass is 9.81. The van der Waals surface area contributed by atoms with E-state index >= 15 is 0 Å². The molecule has 1 aromatic heterocycles. The summed E-state index contributed by atoms with van der Waals surface area (Å²) in [5, 5.41) is 8.25. The molecular weight excluding hydrogens is 328 g/mol. The SMILES string of the molecule is CCNC(Cc1c(Br)c(C)nn1C)C(CC)(CC)N(C)C. The van der Waals surface area contributed by atoms with Crippen LogP contribution < -0.4 is 5.32 Å². The average molecular weight is 359 g/mol. The van der Waals surface area contributed by atoms with Crippen molar-refractivity contribution in [2.45, 2.75) is 58.5 Å². The number of aryl methyl sites for hydroxylation is 2. The Morgan fingerprint density at radius 1 is 1.29 bits per heavy atom. The zero-order chi connectivity index (χ0) is 16.2. The Morgan fingerprint density at radius 2 is 1.86 bits per heavy atom. The molecule has 21 heavy (non-hydrogen) atoms. The predicted octanol–water partition coefficient (Wildman–Crippen LogP) is 3.13. The molecular formula is C16H31BrN4. The molecule has 5 heteroatoms. The molecule has 0 aliphatic carbocycles. The standard InChI is InChI=1S/C16H31BrN4/c1-8-16(9-2,20(5)6)14(18-10-3)11-13-15(17)12(4)19-21(13)7/h14,18H,8-11H2,1-7H3. The fourth-order valence-electron chi connectivity index (χ4n) is 3.48. The number of rotatable bonds is 8. The molecule has 0 saturated carbocycles. The van der Waals surface area contributed by atoms with Crippen LogP contribution in [0.25, 0.3) is 0 Å². The highest BCUT2D eigenvalue weighted by Crippen LogP contribution is 2.30. The molecule has 1 atom stereocenters. The van der Waals surface area contributed by atoms with Crippen LogP contribution in [0.3, 0.4) is 0 Å². The van der Waals surface area contributed by atoms with Gasteiger partial charge in [0.2, 0.25) is 0 Å². The highest BCUT2D eigenvalue weighted by molar-refractivity contribution is 9.10. The van der Waals surface area contributed by atoms with Gasteiger partial charge in [0.1, 0.15) is 0 Å². The second kappa shape index (κ2) is 7.75. The summed E-state index contributed by atoms with van der Waals surface area (Å²) in [6.07, 6.45) is 3.23. The Bertz CT molecular complexity index is 449. The van der Waals surface area contributed by atoms with Gasteiger partial charge in [-0.25, -0.2) is 0 Å². The number of halogens is 1. The Morgan fingerprint density at radius 3 is 2.19 bits per heavy atom. The second-order valence-electron chi connectivity index (χ2n) is 5.99. The lowest BCUT2D eigenvalue weighted by Crippen LogP contribution is -2.59. The molecule has 1 unspecified atom stereocenters. The summed E-state index contributed by atoms with van der Waals surface area (Å²) < 4.78 is 3.16. The van der Waals surface area contributed by atoms with E-state index in [9.17, 15) is 0 Å². The molecule has 1 heterocycles. The molecule has 1 N–H and O–H groups in total. The van der Waals surface area contributed by atoms with Crippen LogP contribution in [0.15, 0.2) is 4.47 Å². The highest BCUT2D eigenvalue weighted by Gasteiger charge is 2.38. The average Bonchev–Trinajstić information content (AvgIpc) is 2.67. The lowest BCUT2D eigenvalue weighted by molar-refractivity contribution is 0.0880. The molecule has 0 aromatic carbocycles. The maximum absolute atomic E-state index is 4.53. The summed E-state index contributed by atoms with van der Waals surface area (Å²) in [6.45, 7) is 9.79. The Kier molecular flexibility index (Phi) is 6.88. The first-order valence-electron chi connectivity index (χ1n) is 7.92. The third kappa shape index (κ3) is 3.69. The maximum atomic E-state index is 4.53. The van der Waals surface area contributed by atoms with Gasteiger partial charge in [-0.15, -0.1) is 0 Å². The second-order valence-corrected chi connectivity index (χ2v) is 6.78. The fourth-order valence-corrected chi connectivity index (χ4v) is 3.98. The molecule has 0 saturated heterocycles. The van der Waals surface area contributed by atoms with Crippen LogP contribution in [0.2, 0.25) is 0 Å². The highest BCUT2D eigenvalue weighted by atomic mass is 79.9. The number of likely N-dealkylation sites (N-methyl/N-ethyl adjacent to an activating group) is 2. The van der Waals surface area contributed by atoms with E-state index in [2.05, 4.69) is 73.0 Å². The number of hydrogen-bond donors (Lipinski definition) is 1. The number of aromatic nitrogens is 2. The van der Waals surface area contributed by atoms with Crippen molar-refractivity contribution >= 4 is 15.9 Å². The van der Waals surface area contributed by atoms with Gasteiger partial charge < -0.3 is 10.2 Å². The van der Waals surface area contributed by atoms with Crippen LogP contribution in [-0.2, 0) is 13.5 Å². The molecule has 0 spiro atoms. The van der Waals surface area contributed by atoms with Crippen molar-refractivity contribution in [3.05, 3.63) is 15.9 Å². The smallest absolute Gasteiger partial charge is 0.0738 e. The van der Waals surface area contributed by atoms with E-state index in [1.807, 2.05) is 11.7 Å². The molecule has 0 fully saturated rings. The largest absolute Gasteiger partial charge is 0.312 e. The zero-order valence-corrected chi connectivity index (χ0v) is 16.2. The summed E-state index contributed by atoms with van der Waals surface area (Å²) in [7, 11) is 6.42. The van der Waals surface area contributed by atoms with E-state index < -0.39 is 0 Å². The van der Waals surface area contributed by atoms with Gasteiger partial charge in [0, 0.05) is 25.0 Å². The van der Waals surface area contributed by atoms with E-state index in [4.69, 9.17) is 0 Å². The third-order valence-electron chi connectivity index (χ3n) is 4.87. The van der Waals surface area contributed by atoms with Gasteiger partial charge in [0.25, 0.3) is 0 Å². The molecule has 0 aliphatic rings. The maximum Gasteiger partial charge on any atom is 0.0738 e. The first-order chi connectivity index (χ1) is 9.83. The van der Waals surface area contributed by atoms with Gasteiger partial charge in [-0.2, -0.15) is 5.10 Å². The summed E-state index contributed by atoms with van der Waals surface area (Å²) in [5.74, 6) is 0. The molecule has 1 rings (SSSR count). The minimum atomic E-state index is 0.160. The molecule has 122 valence electrons. The number of nitrogens with one attached hydrogen (secondary N) is 1.